The number of nitrogens with one attached hydrogen (secondary N) is 3. The van der Waals surface area contributed by atoms with E-state index in [9.17, 15) is 14.4 Å². The summed E-state index contributed by atoms with van der Waals surface area (Å²) >= 11 is 5.80. The van der Waals surface area contributed by atoms with E-state index in [-0.39, 0.29) is 16.9 Å². The highest BCUT2D eigenvalue weighted by Crippen LogP contribution is 2.18. The summed E-state index contributed by atoms with van der Waals surface area (Å²) < 4.78 is 0. The van der Waals surface area contributed by atoms with Crippen LogP contribution in [0, 0.1) is 0 Å². The lowest BCUT2D eigenvalue weighted by Gasteiger charge is -2.11. The first-order valence-electron chi connectivity index (χ1n) is 8.83. The van der Waals surface area contributed by atoms with Gasteiger partial charge in [-0.25, -0.2) is 4.98 Å². The highest BCUT2D eigenvalue weighted by atomic mass is 35.5. The molecule has 0 spiro atoms. The monoisotopic (exact) mass is 419 g/mol. The van der Waals surface area contributed by atoms with Crippen molar-refractivity contribution in [3.63, 3.8) is 0 Å². The van der Waals surface area contributed by atoms with Crippen molar-refractivity contribution in [1.29, 1.82) is 0 Å². The second-order valence-corrected chi connectivity index (χ2v) is 6.70. The second-order valence-electron chi connectivity index (χ2n) is 6.26. The molecule has 30 heavy (non-hydrogen) atoms. The number of carbonyl (C=O) groups is 2. The first-order chi connectivity index (χ1) is 14.5. The van der Waals surface area contributed by atoms with Crippen molar-refractivity contribution >= 4 is 45.8 Å². The van der Waals surface area contributed by atoms with Crippen LogP contribution in [0.1, 0.15) is 20.8 Å². The van der Waals surface area contributed by atoms with Gasteiger partial charge in [-0.1, -0.05) is 35.9 Å². The van der Waals surface area contributed by atoms with E-state index < -0.39 is 17.2 Å². The van der Waals surface area contributed by atoms with Gasteiger partial charge in [0.2, 0.25) is 5.43 Å². The summed E-state index contributed by atoms with van der Waals surface area (Å²) in [6, 6.07) is 16.3. The predicted octanol–water partition coefficient (Wildman–Crippen LogP) is 3.48. The number of fused-ring (bicyclic) bond motifs is 1. The van der Waals surface area contributed by atoms with Crippen LogP contribution in [0.15, 0.2) is 71.7 Å². The Balaban J connectivity index is 1.60. The normalized spacial score (nSPS) is 10.6. The SMILES string of the molecule is O=C(Nc1ccc(Cl)cn1)c1ccccc1NC(=O)c1n[nH]c2ccccc2c1=O. The highest BCUT2D eigenvalue weighted by Gasteiger charge is 2.18. The molecule has 0 saturated heterocycles. The minimum Gasteiger partial charge on any atom is -0.320 e. The number of pyridine rings is 1. The minimum atomic E-state index is -0.730. The number of H-pyrrole nitrogens is 1. The van der Waals surface area contributed by atoms with Crippen LogP contribution in [-0.2, 0) is 0 Å². The number of anilines is 2. The number of para-hydroxylation sites is 2. The minimum absolute atomic E-state index is 0.194. The molecule has 2 amide bonds. The van der Waals surface area contributed by atoms with E-state index in [1.165, 1.54) is 6.20 Å². The molecule has 148 valence electrons. The molecule has 0 bridgehead atoms. The van der Waals surface area contributed by atoms with E-state index >= 15 is 0 Å². The molecule has 4 rings (SSSR count). The van der Waals surface area contributed by atoms with E-state index in [0.717, 1.165) is 0 Å². The Kier molecular flexibility index (Phi) is 5.23. The zero-order chi connectivity index (χ0) is 21.1. The predicted molar refractivity (Wildman–Crippen MR) is 114 cm³/mol. The smallest absolute Gasteiger partial charge is 0.280 e. The van der Waals surface area contributed by atoms with Gasteiger partial charge in [-0.05, 0) is 36.4 Å². The third-order valence-electron chi connectivity index (χ3n) is 4.28. The van der Waals surface area contributed by atoms with Crippen LogP contribution in [0.5, 0.6) is 0 Å². The molecular formula is C21H14ClN5O3. The Morgan fingerprint density at radius 1 is 0.900 bits per heavy atom. The molecule has 8 nitrogen and oxygen atoms in total. The number of aromatic nitrogens is 3. The largest absolute Gasteiger partial charge is 0.320 e. The number of hydrogen-bond acceptors (Lipinski definition) is 5. The Bertz CT molecular complexity index is 1320. The molecule has 2 aromatic heterocycles. The van der Waals surface area contributed by atoms with Crippen LogP contribution in [0.25, 0.3) is 10.9 Å². The van der Waals surface area contributed by atoms with E-state index in [4.69, 9.17) is 11.6 Å². The Morgan fingerprint density at radius 2 is 1.67 bits per heavy atom. The summed E-state index contributed by atoms with van der Waals surface area (Å²) in [5.41, 5.74) is 0.134. The van der Waals surface area contributed by atoms with Crippen molar-refractivity contribution in [1.82, 2.24) is 15.2 Å². The van der Waals surface area contributed by atoms with Gasteiger partial charge in [-0.2, -0.15) is 5.10 Å². The van der Waals surface area contributed by atoms with Gasteiger partial charge in [0.05, 0.1) is 21.8 Å². The number of aromatic amines is 1. The fraction of sp³-hybridized carbons (Fsp3) is 0. The van der Waals surface area contributed by atoms with Gasteiger partial charge in [0, 0.05) is 11.6 Å². The maximum Gasteiger partial charge on any atom is 0.280 e. The zero-order valence-electron chi connectivity index (χ0n) is 15.3. The lowest BCUT2D eigenvalue weighted by atomic mass is 10.1. The molecule has 0 fully saturated rings. The zero-order valence-corrected chi connectivity index (χ0v) is 16.1. The number of halogens is 1. The highest BCUT2D eigenvalue weighted by molar-refractivity contribution is 6.30. The topological polar surface area (TPSA) is 117 Å². The van der Waals surface area contributed by atoms with Gasteiger partial charge < -0.3 is 10.6 Å². The van der Waals surface area contributed by atoms with Crippen molar-refractivity contribution < 1.29 is 9.59 Å². The van der Waals surface area contributed by atoms with Crippen LogP contribution < -0.4 is 16.1 Å². The first-order valence-corrected chi connectivity index (χ1v) is 9.21. The van der Waals surface area contributed by atoms with E-state index in [1.807, 2.05) is 0 Å². The lowest BCUT2D eigenvalue weighted by Crippen LogP contribution is -2.25. The van der Waals surface area contributed by atoms with Gasteiger partial charge in [-0.15, -0.1) is 0 Å². The molecule has 0 radical (unpaired) electrons. The molecule has 2 heterocycles. The van der Waals surface area contributed by atoms with Crippen LogP contribution >= 0.6 is 11.6 Å². The van der Waals surface area contributed by atoms with Crippen molar-refractivity contribution in [3.8, 4) is 0 Å². The number of hydrogen-bond donors (Lipinski definition) is 3. The van der Waals surface area contributed by atoms with Crippen LogP contribution in [0.3, 0.4) is 0 Å². The molecule has 0 unspecified atom stereocenters. The molecule has 0 aliphatic heterocycles. The molecule has 3 N–H and O–H groups in total. The van der Waals surface area contributed by atoms with E-state index in [1.54, 1.807) is 60.7 Å². The summed E-state index contributed by atoms with van der Waals surface area (Å²) in [7, 11) is 0. The van der Waals surface area contributed by atoms with Crippen LogP contribution in [-0.4, -0.2) is 27.0 Å². The standard InChI is InChI=1S/C21H14ClN5O3/c22-12-9-10-17(23-11-12)25-20(29)14-6-2-3-7-15(14)24-21(30)18-19(28)13-5-1-4-8-16(13)26-27-18/h1-11H,(H,24,30)(H,26,28)(H,23,25,29). The Labute approximate surface area is 174 Å². The average Bonchev–Trinajstić information content (AvgIpc) is 2.76. The quantitative estimate of drug-likeness (QED) is 0.468. The fourth-order valence-electron chi connectivity index (χ4n) is 2.83. The van der Waals surface area contributed by atoms with Gasteiger partial charge >= 0.3 is 0 Å². The van der Waals surface area contributed by atoms with Crippen molar-refractivity contribution in [2.24, 2.45) is 0 Å². The maximum atomic E-state index is 12.7. The number of nitrogens with zero attached hydrogens (tertiary/aromatic N) is 2. The molecule has 9 heteroatoms. The third kappa shape index (κ3) is 3.89. The van der Waals surface area contributed by atoms with Crippen LogP contribution in [0.2, 0.25) is 5.02 Å². The Hall–Kier alpha value is -4.04. The van der Waals surface area contributed by atoms with Crippen LogP contribution in [0.4, 0.5) is 11.5 Å². The first kappa shape index (κ1) is 19.3. The molecule has 4 aromatic rings. The second kappa shape index (κ2) is 8.14. The number of rotatable bonds is 4. The maximum absolute atomic E-state index is 12.7. The average molecular weight is 420 g/mol. The lowest BCUT2D eigenvalue weighted by molar-refractivity contribution is 0.102. The summed E-state index contributed by atoms with van der Waals surface area (Å²) in [6.07, 6.45) is 1.41. The van der Waals surface area contributed by atoms with Gasteiger partial charge in [0.15, 0.2) is 5.69 Å². The molecule has 0 aliphatic rings. The van der Waals surface area contributed by atoms with Gasteiger partial charge in [0.25, 0.3) is 11.8 Å². The van der Waals surface area contributed by atoms with E-state index in [0.29, 0.717) is 21.7 Å². The van der Waals surface area contributed by atoms with Crippen molar-refractivity contribution in [2.45, 2.75) is 0 Å². The van der Waals surface area contributed by atoms with Gasteiger partial charge in [-0.3, -0.25) is 19.5 Å². The van der Waals surface area contributed by atoms with Crippen molar-refractivity contribution in [3.05, 3.63) is 93.4 Å². The Morgan fingerprint density at radius 3 is 2.47 bits per heavy atom. The van der Waals surface area contributed by atoms with E-state index in [2.05, 4.69) is 25.8 Å². The molecule has 0 aliphatic carbocycles. The summed E-state index contributed by atoms with van der Waals surface area (Å²) in [6.45, 7) is 0. The fourth-order valence-corrected chi connectivity index (χ4v) is 2.94. The number of carbonyl (C=O) groups excluding carboxylic acids is 2. The summed E-state index contributed by atoms with van der Waals surface area (Å²) in [4.78, 5) is 42.0. The summed E-state index contributed by atoms with van der Waals surface area (Å²) in [5.74, 6) is -0.911. The van der Waals surface area contributed by atoms with Crippen molar-refractivity contribution in [2.75, 3.05) is 10.6 Å². The molecular weight excluding hydrogens is 406 g/mol. The number of benzene rings is 2. The molecule has 0 saturated carbocycles. The van der Waals surface area contributed by atoms with Gasteiger partial charge in [0.1, 0.15) is 5.82 Å². The summed E-state index contributed by atoms with van der Waals surface area (Å²) in [5, 5.41) is 12.6. The molecule has 2 aromatic carbocycles. The third-order valence-corrected chi connectivity index (χ3v) is 4.50. The number of amides is 2. The molecule has 0 atom stereocenters.